The first-order chi connectivity index (χ1) is 11.9. The van der Waals surface area contributed by atoms with Crippen molar-refractivity contribution in [2.45, 2.75) is 32.7 Å². The van der Waals surface area contributed by atoms with Crippen LogP contribution in [0.4, 0.5) is 11.4 Å². The van der Waals surface area contributed by atoms with Gasteiger partial charge in [-0.1, -0.05) is 47.0 Å². The number of benzene rings is 2. The predicted octanol–water partition coefficient (Wildman–Crippen LogP) is 5.14. The number of terminal acetylenes is 1. The molecule has 130 valence electrons. The van der Waals surface area contributed by atoms with Gasteiger partial charge >= 0.3 is 0 Å². The van der Waals surface area contributed by atoms with Gasteiger partial charge in [0.25, 0.3) is 5.91 Å². The lowest BCUT2D eigenvalue weighted by Crippen LogP contribution is -2.42. The second-order valence-corrected chi connectivity index (χ2v) is 7.29. The molecule has 25 heavy (non-hydrogen) atoms. The van der Waals surface area contributed by atoms with E-state index in [0.29, 0.717) is 5.56 Å². The van der Waals surface area contributed by atoms with E-state index in [-0.39, 0.29) is 5.91 Å². The maximum absolute atomic E-state index is 12.9. The van der Waals surface area contributed by atoms with E-state index in [1.807, 2.05) is 62.4 Å². The van der Waals surface area contributed by atoms with Crippen molar-refractivity contribution in [3.8, 4) is 12.3 Å². The van der Waals surface area contributed by atoms with Crippen molar-refractivity contribution in [3.63, 3.8) is 0 Å². The van der Waals surface area contributed by atoms with Gasteiger partial charge in [0.1, 0.15) is 0 Å². The van der Waals surface area contributed by atoms with E-state index in [0.717, 1.165) is 28.8 Å². The molecule has 1 amide bonds. The van der Waals surface area contributed by atoms with Crippen LogP contribution >= 0.6 is 15.9 Å². The molecule has 0 fully saturated rings. The third kappa shape index (κ3) is 4.87. The predicted molar refractivity (Wildman–Crippen MR) is 108 cm³/mol. The second-order valence-electron chi connectivity index (χ2n) is 6.37. The van der Waals surface area contributed by atoms with Gasteiger partial charge < -0.3 is 10.2 Å². The summed E-state index contributed by atoms with van der Waals surface area (Å²) in [6.07, 6.45) is 6.47. The van der Waals surface area contributed by atoms with E-state index in [9.17, 15) is 4.79 Å². The zero-order chi connectivity index (χ0) is 18.4. The highest BCUT2D eigenvalue weighted by Crippen LogP contribution is 2.31. The molecule has 2 rings (SSSR count). The number of nitrogens with zero attached hydrogens (tertiary/aromatic N) is 1. The van der Waals surface area contributed by atoms with Crippen LogP contribution in [0.15, 0.2) is 53.0 Å². The summed E-state index contributed by atoms with van der Waals surface area (Å²) in [4.78, 5) is 15.0. The van der Waals surface area contributed by atoms with Crippen molar-refractivity contribution in [1.82, 2.24) is 5.32 Å². The Morgan fingerprint density at radius 3 is 2.52 bits per heavy atom. The Hall–Kier alpha value is -2.25. The van der Waals surface area contributed by atoms with Crippen molar-refractivity contribution in [2.75, 3.05) is 11.4 Å². The third-order valence-corrected chi connectivity index (χ3v) is 4.29. The average Bonchev–Trinajstić information content (AvgIpc) is 2.60. The number of para-hydroxylation sites is 1. The molecule has 0 unspecified atom stereocenters. The third-order valence-electron chi connectivity index (χ3n) is 3.80. The first-order valence-electron chi connectivity index (χ1n) is 8.30. The summed E-state index contributed by atoms with van der Waals surface area (Å²) >= 11 is 3.47. The molecule has 2 aromatic carbocycles. The van der Waals surface area contributed by atoms with E-state index in [2.05, 4.69) is 39.0 Å². The molecule has 0 bridgehead atoms. The van der Waals surface area contributed by atoms with Crippen LogP contribution in [-0.4, -0.2) is 18.0 Å². The van der Waals surface area contributed by atoms with E-state index >= 15 is 0 Å². The lowest BCUT2D eigenvalue weighted by atomic mass is 10.0. The van der Waals surface area contributed by atoms with Crippen LogP contribution in [-0.2, 0) is 0 Å². The summed E-state index contributed by atoms with van der Waals surface area (Å²) in [6, 6.07) is 15.8. The number of hydrogen-bond donors (Lipinski definition) is 1. The van der Waals surface area contributed by atoms with Crippen LogP contribution in [0.3, 0.4) is 0 Å². The molecule has 0 saturated heterocycles. The van der Waals surface area contributed by atoms with Gasteiger partial charge in [-0.15, -0.1) is 6.42 Å². The fraction of sp³-hybridized carbons (Fsp3) is 0.286. The zero-order valence-corrected chi connectivity index (χ0v) is 16.4. The number of carbonyl (C=O) groups excluding carboxylic acids is 1. The zero-order valence-electron chi connectivity index (χ0n) is 14.8. The Morgan fingerprint density at radius 2 is 1.92 bits per heavy atom. The minimum Gasteiger partial charge on any atom is -0.341 e. The Balaban J connectivity index is 2.50. The topological polar surface area (TPSA) is 32.3 Å². The molecule has 4 heteroatoms. The van der Waals surface area contributed by atoms with Crippen molar-refractivity contribution in [1.29, 1.82) is 0 Å². The molecule has 0 saturated carbocycles. The van der Waals surface area contributed by atoms with Gasteiger partial charge in [0.15, 0.2) is 0 Å². The summed E-state index contributed by atoms with van der Waals surface area (Å²) < 4.78 is 0.851. The van der Waals surface area contributed by atoms with E-state index in [1.54, 1.807) is 0 Å². The SMILES string of the molecule is C#CC(C)(C)NC(=O)c1cc(Br)ccc1N(CCC)c1ccccc1. The number of halogens is 1. The van der Waals surface area contributed by atoms with Gasteiger partial charge in [0.2, 0.25) is 0 Å². The van der Waals surface area contributed by atoms with Gasteiger partial charge in [-0.25, -0.2) is 0 Å². The van der Waals surface area contributed by atoms with Crippen LogP contribution < -0.4 is 10.2 Å². The van der Waals surface area contributed by atoms with Crippen LogP contribution in [0.5, 0.6) is 0 Å². The van der Waals surface area contributed by atoms with Gasteiger partial charge in [-0.05, 0) is 50.6 Å². The lowest BCUT2D eigenvalue weighted by Gasteiger charge is -2.28. The number of rotatable bonds is 6. The van der Waals surface area contributed by atoms with Crippen LogP contribution in [0.2, 0.25) is 0 Å². The minimum atomic E-state index is -0.709. The molecule has 1 N–H and O–H groups in total. The summed E-state index contributed by atoms with van der Waals surface area (Å²) in [6.45, 7) is 6.55. The van der Waals surface area contributed by atoms with Crippen molar-refractivity contribution < 1.29 is 4.79 Å². The highest BCUT2D eigenvalue weighted by molar-refractivity contribution is 9.10. The molecule has 0 aliphatic heterocycles. The van der Waals surface area contributed by atoms with Gasteiger partial charge in [-0.3, -0.25) is 4.79 Å². The molecule has 0 atom stereocenters. The van der Waals surface area contributed by atoms with Crippen molar-refractivity contribution >= 4 is 33.2 Å². The Labute approximate surface area is 158 Å². The first-order valence-corrected chi connectivity index (χ1v) is 9.09. The highest BCUT2D eigenvalue weighted by Gasteiger charge is 2.23. The highest BCUT2D eigenvalue weighted by atomic mass is 79.9. The van der Waals surface area contributed by atoms with Gasteiger partial charge in [0, 0.05) is 16.7 Å². The summed E-state index contributed by atoms with van der Waals surface area (Å²) in [5.41, 5.74) is 1.80. The molecule has 2 aromatic rings. The van der Waals surface area contributed by atoms with Crippen LogP contribution in [0.1, 0.15) is 37.6 Å². The number of carbonyl (C=O) groups is 1. The van der Waals surface area contributed by atoms with E-state index in [4.69, 9.17) is 6.42 Å². The average molecular weight is 399 g/mol. The maximum Gasteiger partial charge on any atom is 0.254 e. The second kappa shape index (κ2) is 8.22. The van der Waals surface area contributed by atoms with E-state index < -0.39 is 5.54 Å². The number of nitrogens with one attached hydrogen (secondary N) is 1. The Bertz CT molecular complexity index is 778. The molecule has 0 heterocycles. The molecule has 0 radical (unpaired) electrons. The fourth-order valence-corrected chi connectivity index (χ4v) is 2.89. The maximum atomic E-state index is 12.9. The summed E-state index contributed by atoms with van der Waals surface area (Å²) in [7, 11) is 0. The normalized spacial score (nSPS) is 10.8. The smallest absolute Gasteiger partial charge is 0.254 e. The molecule has 0 aliphatic carbocycles. The largest absolute Gasteiger partial charge is 0.341 e. The summed E-state index contributed by atoms with van der Waals surface area (Å²) in [5.74, 6) is 2.42. The quantitative estimate of drug-likeness (QED) is 0.683. The molecular weight excluding hydrogens is 376 g/mol. The number of anilines is 2. The minimum absolute atomic E-state index is 0.184. The number of amides is 1. The molecule has 0 spiro atoms. The van der Waals surface area contributed by atoms with Crippen molar-refractivity contribution in [2.24, 2.45) is 0 Å². The molecule has 0 aromatic heterocycles. The van der Waals surface area contributed by atoms with E-state index in [1.165, 1.54) is 0 Å². The first kappa shape index (κ1) is 19.1. The van der Waals surface area contributed by atoms with Crippen molar-refractivity contribution in [3.05, 3.63) is 58.6 Å². The molecule has 3 nitrogen and oxygen atoms in total. The number of hydrogen-bond acceptors (Lipinski definition) is 2. The fourth-order valence-electron chi connectivity index (χ4n) is 2.53. The molecule has 0 aliphatic rings. The molecular formula is C21H23BrN2O. The lowest BCUT2D eigenvalue weighted by molar-refractivity contribution is 0.0930. The standard InChI is InChI=1S/C21H23BrN2O/c1-5-14-24(17-10-8-7-9-11-17)19-13-12-16(22)15-18(19)20(25)23-21(3,4)6-2/h2,7-13,15H,5,14H2,1,3-4H3,(H,23,25). The monoisotopic (exact) mass is 398 g/mol. The van der Waals surface area contributed by atoms with Crippen LogP contribution in [0.25, 0.3) is 0 Å². The van der Waals surface area contributed by atoms with Gasteiger partial charge in [0.05, 0.1) is 16.8 Å². The van der Waals surface area contributed by atoms with Gasteiger partial charge in [-0.2, -0.15) is 0 Å². The summed E-state index contributed by atoms with van der Waals surface area (Å²) in [5, 5.41) is 2.92. The van der Waals surface area contributed by atoms with Crippen LogP contribution in [0, 0.1) is 12.3 Å². The Morgan fingerprint density at radius 1 is 1.24 bits per heavy atom. The Kier molecular flexibility index (Phi) is 6.27.